The van der Waals surface area contributed by atoms with Crippen molar-refractivity contribution in [3.05, 3.63) is 36.8 Å². The van der Waals surface area contributed by atoms with Gasteiger partial charge in [0.1, 0.15) is 13.2 Å². The quantitative estimate of drug-likeness (QED) is 0.548. The monoisotopic (exact) mass is 138 g/mol. The number of hydrogen-bond acceptors (Lipinski definition) is 2. The van der Waals surface area contributed by atoms with Crippen molar-refractivity contribution < 1.29 is 9.47 Å². The maximum absolute atomic E-state index is 5.20. The van der Waals surface area contributed by atoms with Gasteiger partial charge in [0.2, 0.25) is 0 Å². The summed E-state index contributed by atoms with van der Waals surface area (Å²) in [7, 11) is 0. The van der Waals surface area contributed by atoms with Crippen LogP contribution in [0.25, 0.3) is 0 Å². The second-order valence-electron chi connectivity index (χ2n) is 1.89. The normalized spacial score (nSPS) is 21.6. The molecule has 0 radical (unpaired) electrons. The van der Waals surface area contributed by atoms with Gasteiger partial charge in [0.15, 0.2) is 11.5 Å². The van der Waals surface area contributed by atoms with Gasteiger partial charge in [-0.3, -0.25) is 0 Å². The van der Waals surface area contributed by atoms with Crippen LogP contribution in [-0.2, 0) is 9.47 Å². The van der Waals surface area contributed by atoms with Crippen molar-refractivity contribution >= 4 is 0 Å². The third-order valence-corrected chi connectivity index (χ3v) is 1.16. The van der Waals surface area contributed by atoms with Crippen LogP contribution in [0.2, 0.25) is 0 Å². The van der Waals surface area contributed by atoms with Crippen LogP contribution in [0.15, 0.2) is 36.8 Å². The minimum Gasteiger partial charge on any atom is -0.487 e. The molecule has 0 aliphatic carbocycles. The van der Waals surface area contributed by atoms with E-state index >= 15 is 0 Å². The molecule has 54 valence electrons. The maximum Gasteiger partial charge on any atom is 0.160 e. The van der Waals surface area contributed by atoms with E-state index in [-0.39, 0.29) is 0 Å². The van der Waals surface area contributed by atoms with Gasteiger partial charge < -0.3 is 9.47 Å². The molecule has 0 spiro atoms. The van der Waals surface area contributed by atoms with Crippen LogP contribution in [0, 0.1) is 0 Å². The van der Waals surface area contributed by atoms with Crippen LogP contribution >= 0.6 is 0 Å². The molecule has 1 aliphatic rings. The summed E-state index contributed by atoms with van der Waals surface area (Å²) in [6, 6.07) is 0. The lowest BCUT2D eigenvalue weighted by Gasteiger charge is -2.18. The average molecular weight is 138 g/mol. The van der Waals surface area contributed by atoms with E-state index in [4.69, 9.17) is 9.47 Å². The van der Waals surface area contributed by atoms with Crippen LogP contribution in [0.3, 0.4) is 0 Å². The van der Waals surface area contributed by atoms with Crippen molar-refractivity contribution in [1.29, 1.82) is 0 Å². The Hall–Kier alpha value is -1.18. The Kier molecular flexibility index (Phi) is 2.15. The van der Waals surface area contributed by atoms with E-state index in [1.165, 1.54) is 0 Å². The molecule has 1 rings (SSSR count). The molecule has 0 bridgehead atoms. The molecule has 0 aromatic rings. The van der Waals surface area contributed by atoms with Crippen molar-refractivity contribution in [3.8, 4) is 0 Å². The lowest BCUT2D eigenvalue weighted by atomic mass is 10.3. The minimum absolute atomic E-state index is 0.589. The van der Waals surface area contributed by atoms with E-state index in [1.807, 2.05) is 0 Å². The number of allylic oxidation sites excluding steroid dienone is 2. The predicted molar refractivity (Wildman–Crippen MR) is 39.3 cm³/mol. The molecule has 0 aromatic heterocycles. The molecule has 0 unspecified atom stereocenters. The molecule has 0 amide bonds. The predicted octanol–water partition coefficient (Wildman–Crippen LogP) is 1.62. The molecule has 2 heteroatoms. The summed E-state index contributed by atoms with van der Waals surface area (Å²) in [5.41, 5.74) is 0. The molecule has 1 fully saturated rings. The largest absolute Gasteiger partial charge is 0.487 e. The van der Waals surface area contributed by atoms with Gasteiger partial charge in [-0.1, -0.05) is 19.2 Å². The summed E-state index contributed by atoms with van der Waals surface area (Å²) in [5, 5.41) is 0. The van der Waals surface area contributed by atoms with Crippen molar-refractivity contribution in [3.63, 3.8) is 0 Å². The topological polar surface area (TPSA) is 18.5 Å². The fourth-order valence-corrected chi connectivity index (χ4v) is 0.716. The minimum atomic E-state index is 0.589. The second-order valence-corrected chi connectivity index (χ2v) is 1.89. The van der Waals surface area contributed by atoms with Crippen molar-refractivity contribution in [2.24, 2.45) is 0 Å². The summed E-state index contributed by atoms with van der Waals surface area (Å²) in [6.45, 7) is 8.37. The Bertz CT molecular complexity index is 180. The fourth-order valence-electron chi connectivity index (χ4n) is 0.716. The van der Waals surface area contributed by atoms with Crippen LogP contribution < -0.4 is 0 Å². The van der Waals surface area contributed by atoms with Gasteiger partial charge >= 0.3 is 0 Å². The summed E-state index contributed by atoms with van der Waals surface area (Å²) in [5.74, 6) is 1.27. The third kappa shape index (κ3) is 1.41. The summed E-state index contributed by atoms with van der Waals surface area (Å²) in [4.78, 5) is 0. The first-order valence-corrected chi connectivity index (χ1v) is 3.12. The zero-order valence-corrected chi connectivity index (χ0v) is 5.80. The van der Waals surface area contributed by atoms with Crippen LogP contribution in [-0.4, -0.2) is 13.2 Å². The highest BCUT2D eigenvalue weighted by Crippen LogP contribution is 2.15. The first-order chi connectivity index (χ1) is 4.84. The highest BCUT2D eigenvalue weighted by Gasteiger charge is 2.09. The zero-order chi connectivity index (χ0) is 7.40. The Balaban J connectivity index is 2.64. The van der Waals surface area contributed by atoms with Crippen molar-refractivity contribution in [1.82, 2.24) is 0 Å². The number of ether oxygens (including phenoxy) is 2. The molecule has 1 aliphatic heterocycles. The van der Waals surface area contributed by atoms with E-state index in [2.05, 4.69) is 13.2 Å². The third-order valence-electron chi connectivity index (χ3n) is 1.16. The van der Waals surface area contributed by atoms with Crippen molar-refractivity contribution in [2.75, 3.05) is 13.2 Å². The Morgan fingerprint density at radius 1 is 1.30 bits per heavy atom. The summed E-state index contributed by atoms with van der Waals surface area (Å²) < 4.78 is 10.3. The molecule has 0 N–H and O–H groups in total. The van der Waals surface area contributed by atoms with Gasteiger partial charge in [-0.2, -0.15) is 0 Å². The van der Waals surface area contributed by atoms with Gasteiger partial charge in [-0.05, 0) is 6.08 Å². The molecule has 1 saturated heterocycles. The van der Waals surface area contributed by atoms with Gasteiger partial charge in [0.25, 0.3) is 0 Å². The Morgan fingerprint density at radius 3 is 2.60 bits per heavy atom. The first kappa shape index (κ1) is 6.93. The van der Waals surface area contributed by atoms with Gasteiger partial charge in [-0.25, -0.2) is 0 Å². The Morgan fingerprint density at radius 2 is 2.00 bits per heavy atom. The molecule has 10 heavy (non-hydrogen) atoms. The van der Waals surface area contributed by atoms with Crippen LogP contribution in [0.1, 0.15) is 0 Å². The van der Waals surface area contributed by atoms with Crippen LogP contribution in [0.5, 0.6) is 0 Å². The lowest BCUT2D eigenvalue weighted by molar-refractivity contribution is 0.0606. The Labute approximate surface area is 60.4 Å². The highest BCUT2D eigenvalue weighted by atomic mass is 16.6. The molecule has 0 saturated carbocycles. The second kappa shape index (κ2) is 3.11. The SMILES string of the molecule is C=C/C=C1/OCCOC1=C. The molecule has 1 heterocycles. The van der Waals surface area contributed by atoms with Crippen molar-refractivity contribution in [2.45, 2.75) is 0 Å². The van der Waals surface area contributed by atoms with E-state index < -0.39 is 0 Å². The fraction of sp³-hybridized carbons (Fsp3) is 0.250. The molecular formula is C8H10O2. The molecule has 0 aromatic carbocycles. The van der Waals surface area contributed by atoms with Gasteiger partial charge in [0, 0.05) is 0 Å². The average Bonchev–Trinajstić information content (AvgIpc) is 1.94. The molecule has 0 atom stereocenters. The molecule has 2 nitrogen and oxygen atoms in total. The summed E-state index contributed by atoms with van der Waals surface area (Å²) >= 11 is 0. The van der Waals surface area contributed by atoms with E-state index in [9.17, 15) is 0 Å². The van der Waals surface area contributed by atoms with Crippen LogP contribution in [0.4, 0.5) is 0 Å². The number of hydrogen-bond donors (Lipinski definition) is 0. The smallest absolute Gasteiger partial charge is 0.160 e. The van der Waals surface area contributed by atoms with Gasteiger partial charge in [-0.15, -0.1) is 0 Å². The zero-order valence-electron chi connectivity index (χ0n) is 5.80. The lowest BCUT2D eigenvalue weighted by Crippen LogP contribution is -2.12. The molecular weight excluding hydrogens is 128 g/mol. The highest BCUT2D eigenvalue weighted by molar-refractivity contribution is 5.21. The number of rotatable bonds is 1. The standard InChI is InChI=1S/C8H10O2/c1-3-4-8-7(2)9-5-6-10-8/h3-4H,1-2,5-6H2/b8-4+. The first-order valence-electron chi connectivity index (χ1n) is 3.12. The van der Waals surface area contributed by atoms with E-state index in [1.54, 1.807) is 12.2 Å². The summed E-state index contributed by atoms with van der Waals surface area (Å²) in [6.07, 6.45) is 3.39. The maximum atomic E-state index is 5.20. The van der Waals surface area contributed by atoms with E-state index in [0.717, 1.165) is 0 Å². The van der Waals surface area contributed by atoms with Gasteiger partial charge in [0.05, 0.1) is 0 Å². The van der Waals surface area contributed by atoms with E-state index in [0.29, 0.717) is 24.7 Å².